The van der Waals surface area contributed by atoms with Gasteiger partial charge in [-0.2, -0.15) is 4.37 Å². The molecule has 0 aliphatic rings. The second-order valence-corrected chi connectivity index (χ2v) is 6.06. The second kappa shape index (κ2) is 5.98. The van der Waals surface area contributed by atoms with E-state index in [0.29, 0.717) is 5.69 Å². The number of halogens is 1. The maximum Gasteiger partial charge on any atom is 0.237 e. The van der Waals surface area contributed by atoms with Crippen LogP contribution in [0.2, 0.25) is 0 Å². The third-order valence-electron chi connectivity index (χ3n) is 2.26. The summed E-state index contributed by atoms with van der Waals surface area (Å²) in [6.45, 7) is 1.75. The van der Waals surface area contributed by atoms with Crippen molar-refractivity contribution in [3.63, 3.8) is 0 Å². The Morgan fingerprint density at radius 2 is 2.37 bits per heavy atom. The highest BCUT2D eigenvalue weighted by molar-refractivity contribution is 8.02. The molecular formula is C11H11FN4OS2. The largest absolute Gasteiger partial charge is 0.397 e. The lowest BCUT2D eigenvalue weighted by Gasteiger charge is -2.11. The van der Waals surface area contributed by atoms with Crippen LogP contribution in [0.5, 0.6) is 0 Å². The van der Waals surface area contributed by atoms with Crippen molar-refractivity contribution in [1.82, 2.24) is 9.36 Å². The van der Waals surface area contributed by atoms with Crippen molar-refractivity contribution in [3.05, 3.63) is 30.3 Å². The lowest BCUT2D eigenvalue weighted by molar-refractivity contribution is -0.115. The molecule has 1 amide bonds. The van der Waals surface area contributed by atoms with Crippen LogP contribution in [0.4, 0.5) is 15.8 Å². The number of benzene rings is 1. The smallest absolute Gasteiger partial charge is 0.237 e. The van der Waals surface area contributed by atoms with Crippen molar-refractivity contribution < 1.29 is 9.18 Å². The van der Waals surface area contributed by atoms with Crippen molar-refractivity contribution in [2.75, 3.05) is 11.1 Å². The number of nitrogens with zero attached hydrogens (tertiary/aromatic N) is 2. The molecule has 0 aliphatic heterocycles. The van der Waals surface area contributed by atoms with Gasteiger partial charge < -0.3 is 11.1 Å². The number of rotatable bonds is 4. The van der Waals surface area contributed by atoms with Crippen LogP contribution in [0.15, 0.2) is 28.9 Å². The van der Waals surface area contributed by atoms with E-state index >= 15 is 0 Å². The van der Waals surface area contributed by atoms with Crippen LogP contribution in [-0.2, 0) is 4.79 Å². The molecule has 0 saturated carbocycles. The Morgan fingerprint density at radius 1 is 1.58 bits per heavy atom. The van der Waals surface area contributed by atoms with Gasteiger partial charge in [0.25, 0.3) is 0 Å². The van der Waals surface area contributed by atoms with E-state index in [2.05, 4.69) is 14.7 Å². The molecule has 0 fully saturated rings. The van der Waals surface area contributed by atoms with E-state index in [1.807, 2.05) is 0 Å². The number of nitrogen functional groups attached to an aromatic ring is 1. The first-order valence-electron chi connectivity index (χ1n) is 5.35. The molecule has 3 N–H and O–H groups in total. The molecule has 0 aliphatic carbocycles. The molecule has 5 nitrogen and oxygen atoms in total. The summed E-state index contributed by atoms with van der Waals surface area (Å²) in [4.78, 5) is 15.9. The van der Waals surface area contributed by atoms with Gasteiger partial charge in [0, 0.05) is 0 Å². The van der Waals surface area contributed by atoms with E-state index < -0.39 is 5.82 Å². The molecule has 0 bridgehead atoms. The standard InChI is InChI=1S/C11H11FN4OS2/c1-6(18-11-14-5-15-19-11)10(17)16-9-3-2-7(12)4-8(9)13/h2-6H,13H2,1H3,(H,16,17). The van der Waals surface area contributed by atoms with E-state index in [0.717, 1.165) is 10.4 Å². The molecular weight excluding hydrogens is 287 g/mol. The molecule has 2 rings (SSSR count). The molecule has 1 aromatic heterocycles. The van der Waals surface area contributed by atoms with Gasteiger partial charge in [-0.1, -0.05) is 11.8 Å². The number of anilines is 2. The van der Waals surface area contributed by atoms with E-state index in [1.165, 1.54) is 41.8 Å². The Labute approximate surface area is 117 Å². The Bertz CT molecular complexity index is 576. The van der Waals surface area contributed by atoms with Crippen LogP contribution in [0.1, 0.15) is 6.92 Å². The van der Waals surface area contributed by atoms with Gasteiger partial charge in [0.15, 0.2) is 4.34 Å². The number of aromatic nitrogens is 2. The van der Waals surface area contributed by atoms with Gasteiger partial charge in [-0.05, 0) is 36.7 Å². The first-order valence-corrected chi connectivity index (χ1v) is 7.01. The van der Waals surface area contributed by atoms with Crippen LogP contribution >= 0.6 is 23.3 Å². The fraction of sp³-hybridized carbons (Fsp3) is 0.182. The van der Waals surface area contributed by atoms with Crippen LogP contribution in [0.25, 0.3) is 0 Å². The molecule has 0 saturated heterocycles. The predicted octanol–water partition coefficient (Wildman–Crippen LogP) is 2.38. The molecule has 19 heavy (non-hydrogen) atoms. The summed E-state index contributed by atoms with van der Waals surface area (Å²) in [5, 5.41) is 2.31. The van der Waals surface area contributed by atoms with Crippen LogP contribution < -0.4 is 11.1 Å². The van der Waals surface area contributed by atoms with Gasteiger partial charge >= 0.3 is 0 Å². The average molecular weight is 298 g/mol. The summed E-state index contributed by atoms with van der Waals surface area (Å²) in [6, 6.07) is 3.84. The van der Waals surface area contributed by atoms with Crippen LogP contribution in [0, 0.1) is 5.82 Å². The number of amides is 1. The minimum atomic E-state index is -0.438. The summed E-state index contributed by atoms with van der Waals surface area (Å²) in [5.41, 5.74) is 6.22. The van der Waals surface area contributed by atoms with Crippen molar-refractivity contribution in [2.45, 2.75) is 16.5 Å². The zero-order valence-corrected chi connectivity index (χ0v) is 11.6. The van der Waals surface area contributed by atoms with Gasteiger partial charge in [-0.25, -0.2) is 9.37 Å². The number of carbonyl (C=O) groups excluding carboxylic acids is 1. The van der Waals surface area contributed by atoms with Gasteiger partial charge in [-0.3, -0.25) is 4.79 Å². The summed E-state index contributed by atoms with van der Waals surface area (Å²) >= 11 is 2.53. The van der Waals surface area contributed by atoms with Crippen molar-refractivity contribution in [1.29, 1.82) is 0 Å². The molecule has 100 valence electrons. The zero-order valence-electron chi connectivity index (χ0n) is 9.96. The molecule has 1 aromatic carbocycles. The molecule has 0 spiro atoms. The summed E-state index contributed by atoms with van der Waals surface area (Å²) in [6.07, 6.45) is 1.44. The number of nitrogens with one attached hydrogen (secondary N) is 1. The maximum absolute atomic E-state index is 12.9. The highest BCUT2D eigenvalue weighted by atomic mass is 32.2. The molecule has 1 heterocycles. The lowest BCUT2D eigenvalue weighted by atomic mass is 10.2. The normalized spacial score (nSPS) is 12.1. The monoisotopic (exact) mass is 298 g/mol. The fourth-order valence-corrected chi connectivity index (χ4v) is 2.89. The quantitative estimate of drug-likeness (QED) is 0.669. The SMILES string of the molecule is CC(Sc1ncns1)C(=O)Nc1ccc(F)cc1N. The Morgan fingerprint density at radius 3 is 3.00 bits per heavy atom. The van der Waals surface area contributed by atoms with Crippen LogP contribution in [0.3, 0.4) is 0 Å². The van der Waals surface area contributed by atoms with Gasteiger partial charge in [0.1, 0.15) is 12.1 Å². The van der Waals surface area contributed by atoms with E-state index in [-0.39, 0.29) is 16.8 Å². The minimum absolute atomic E-state index is 0.196. The van der Waals surface area contributed by atoms with E-state index in [1.54, 1.807) is 6.92 Å². The van der Waals surface area contributed by atoms with Crippen molar-refractivity contribution in [2.24, 2.45) is 0 Å². The van der Waals surface area contributed by atoms with Crippen molar-refractivity contribution in [3.8, 4) is 0 Å². The number of carbonyl (C=O) groups is 1. The Hall–Kier alpha value is -1.67. The third-order valence-corrected chi connectivity index (χ3v) is 4.11. The zero-order chi connectivity index (χ0) is 13.8. The van der Waals surface area contributed by atoms with E-state index in [9.17, 15) is 9.18 Å². The summed E-state index contributed by atoms with van der Waals surface area (Å²) < 4.78 is 17.5. The van der Waals surface area contributed by atoms with Gasteiger partial charge in [0.05, 0.1) is 16.6 Å². The predicted molar refractivity (Wildman–Crippen MR) is 74.7 cm³/mol. The first-order chi connectivity index (χ1) is 9.06. The molecule has 1 atom stereocenters. The average Bonchev–Trinajstić information content (AvgIpc) is 2.85. The highest BCUT2D eigenvalue weighted by Gasteiger charge is 2.17. The summed E-state index contributed by atoms with van der Waals surface area (Å²) in [7, 11) is 0. The van der Waals surface area contributed by atoms with Gasteiger partial charge in [0.2, 0.25) is 5.91 Å². The second-order valence-electron chi connectivity index (χ2n) is 3.69. The number of hydrogen-bond donors (Lipinski definition) is 2. The number of thioether (sulfide) groups is 1. The minimum Gasteiger partial charge on any atom is -0.397 e. The van der Waals surface area contributed by atoms with Crippen LogP contribution in [-0.4, -0.2) is 20.5 Å². The highest BCUT2D eigenvalue weighted by Crippen LogP contribution is 2.26. The van der Waals surface area contributed by atoms with E-state index in [4.69, 9.17) is 5.73 Å². The molecule has 2 aromatic rings. The first kappa shape index (κ1) is 13.8. The molecule has 0 radical (unpaired) electrons. The fourth-order valence-electron chi connectivity index (χ4n) is 1.30. The summed E-state index contributed by atoms with van der Waals surface area (Å²) in [5.74, 6) is -0.662. The molecule has 8 heteroatoms. The van der Waals surface area contributed by atoms with Crippen molar-refractivity contribution >= 4 is 40.6 Å². The topological polar surface area (TPSA) is 80.9 Å². The Balaban J connectivity index is 2.00. The number of nitrogens with two attached hydrogens (primary N) is 1. The lowest BCUT2D eigenvalue weighted by Crippen LogP contribution is -2.22. The van der Waals surface area contributed by atoms with Gasteiger partial charge in [-0.15, -0.1) is 0 Å². The molecule has 1 unspecified atom stereocenters. The maximum atomic E-state index is 12.9. The number of hydrogen-bond acceptors (Lipinski definition) is 6. The third kappa shape index (κ3) is 3.65. The Kier molecular flexibility index (Phi) is 4.33.